The fraction of sp³-hybridized carbons (Fsp3) is 0.0625. The molecule has 0 unspecified atom stereocenters. The van der Waals surface area contributed by atoms with Crippen LogP contribution in [0.4, 0.5) is 0 Å². The summed E-state index contributed by atoms with van der Waals surface area (Å²) in [5.74, 6) is 0.832. The molecule has 0 amide bonds. The van der Waals surface area contributed by atoms with Crippen LogP contribution in [-0.4, -0.2) is 16.9 Å². The van der Waals surface area contributed by atoms with Crippen molar-refractivity contribution in [3.63, 3.8) is 0 Å². The summed E-state index contributed by atoms with van der Waals surface area (Å²) in [7, 11) is 1.65. The van der Waals surface area contributed by atoms with E-state index >= 15 is 0 Å². The summed E-state index contributed by atoms with van der Waals surface area (Å²) in [5.41, 5.74) is 3.14. The van der Waals surface area contributed by atoms with E-state index in [-0.39, 0.29) is 0 Å². The van der Waals surface area contributed by atoms with E-state index < -0.39 is 0 Å². The minimum absolute atomic E-state index is 0.733. The van der Waals surface area contributed by atoms with E-state index in [1.165, 1.54) is 0 Å². The summed E-state index contributed by atoms with van der Waals surface area (Å²) in [4.78, 5) is 0. The van der Waals surface area contributed by atoms with Crippen LogP contribution in [-0.2, 0) is 0 Å². The monoisotopic (exact) mass is 284 g/mol. The molecular formula is C16H13ClN2O. The van der Waals surface area contributed by atoms with Gasteiger partial charge in [-0.2, -0.15) is 5.10 Å². The zero-order valence-corrected chi connectivity index (χ0v) is 11.7. The van der Waals surface area contributed by atoms with Crippen molar-refractivity contribution >= 4 is 11.6 Å². The Labute approximate surface area is 122 Å². The third-order valence-electron chi connectivity index (χ3n) is 3.10. The minimum atomic E-state index is 0.733. The van der Waals surface area contributed by atoms with Gasteiger partial charge in [0.2, 0.25) is 0 Å². The molecule has 0 radical (unpaired) electrons. The predicted molar refractivity (Wildman–Crippen MR) is 80.6 cm³/mol. The van der Waals surface area contributed by atoms with E-state index in [2.05, 4.69) is 5.10 Å². The van der Waals surface area contributed by atoms with Gasteiger partial charge in [-0.25, -0.2) is 4.68 Å². The molecular weight excluding hydrogens is 272 g/mol. The molecule has 3 aromatic rings. The first kappa shape index (κ1) is 12.8. The molecule has 0 atom stereocenters. The number of hydrogen-bond donors (Lipinski definition) is 0. The van der Waals surface area contributed by atoms with Gasteiger partial charge in [-0.05, 0) is 42.0 Å². The third kappa shape index (κ3) is 2.53. The van der Waals surface area contributed by atoms with Crippen LogP contribution in [0.3, 0.4) is 0 Å². The molecule has 1 heterocycles. The van der Waals surface area contributed by atoms with Gasteiger partial charge in [0, 0.05) is 16.8 Å². The second-order valence-corrected chi connectivity index (χ2v) is 4.81. The van der Waals surface area contributed by atoms with Gasteiger partial charge in [-0.15, -0.1) is 0 Å². The second-order valence-electron chi connectivity index (χ2n) is 4.38. The maximum Gasteiger partial charge on any atom is 0.119 e. The van der Waals surface area contributed by atoms with Gasteiger partial charge in [-0.1, -0.05) is 23.7 Å². The van der Waals surface area contributed by atoms with Crippen LogP contribution in [0.1, 0.15) is 0 Å². The summed E-state index contributed by atoms with van der Waals surface area (Å²) in [5, 5.41) is 5.12. The smallest absolute Gasteiger partial charge is 0.119 e. The molecule has 0 spiro atoms. The van der Waals surface area contributed by atoms with Crippen molar-refractivity contribution in [3.05, 3.63) is 65.9 Å². The number of hydrogen-bond acceptors (Lipinski definition) is 2. The van der Waals surface area contributed by atoms with Crippen LogP contribution < -0.4 is 4.74 Å². The van der Waals surface area contributed by atoms with Crippen LogP contribution in [0.15, 0.2) is 60.9 Å². The van der Waals surface area contributed by atoms with Crippen LogP contribution in [0, 0.1) is 0 Å². The lowest BCUT2D eigenvalue weighted by Gasteiger charge is -2.03. The van der Waals surface area contributed by atoms with Crippen LogP contribution >= 0.6 is 11.6 Å². The average Bonchev–Trinajstić information content (AvgIpc) is 2.98. The maximum atomic E-state index is 5.90. The van der Waals surface area contributed by atoms with E-state index in [0.717, 1.165) is 27.6 Å². The van der Waals surface area contributed by atoms with E-state index in [0.29, 0.717) is 0 Å². The number of aromatic nitrogens is 2. The molecule has 0 fully saturated rings. The molecule has 0 saturated heterocycles. The number of benzene rings is 2. The van der Waals surface area contributed by atoms with E-state index in [1.807, 2.05) is 65.6 Å². The third-order valence-corrected chi connectivity index (χ3v) is 3.35. The molecule has 3 nitrogen and oxygen atoms in total. The number of ether oxygens (including phenoxy) is 1. The summed E-state index contributed by atoms with van der Waals surface area (Å²) >= 11 is 5.90. The average molecular weight is 285 g/mol. The standard InChI is InChI=1S/C16H13ClN2O/c1-20-16-8-6-15(7-9-16)19-11-13(10-18-19)12-2-4-14(17)5-3-12/h2-11H,1H3. The molecule has 100 valence electrons. The molecule has 0 N–H and O–H groups in total. The highest BCUT2D eigenvalue weighted by Crippen LogP contribution is 2.22. The van der Waals surface area contributed by atoms with Gasteiger partial charge in [0.05, 0.1) is 19.0 Å². The van der Waals surface area contributed by atoms with Crippen molar-refractivity contribution < 1.29 is 4.74 Å². The summed E-state index contributed by atoms with van der Waals surface area (Å²) < 4.78 is 6.99. The van der Waals surface area contributed by atoms with Gasteiger partial charge in [0.25, 0.3) is 0 Å². The quantitative estimate of drug-likeness (QED) is 0.721. The lowest BCUT2D eigenvalue weighted by molar-refractivity contribution is 0.414. The fourth-order valence-corrected chi connectivity index (χ4v) is 2.12. The zero-order chi connectivity index (χ0) is 13.9. The Hall–Kier alpha value is -2.26. The van der Waals surface area contributed by atoms with Crippen molar-refractivity contribution in [1.82, 2.24) is 9.78 Å². The zero-order valence-electron chi connectivity index (χ0n) is 11.0. The van der Waals surface area contributed by atoms with Crippen LogP contribution in [0.25, 0.3) is 16.8 Å². The van der Waals surface area contributed by atoms with Crippen molar-refractivity contribution in [2.75, 3.05) is 7.11 Å². The van der Waals surface area contributed by atoms with Gasteiger partial charge >= 0.3 is 0 Å². The SMILES string of the molecule is COc1ccc(-n2cc(-c3ccc(Cl)cc3)cn2)cc1. The number of halogens is 1. The predicted octanol–water partition coefficient (Wildman–Crippen LogP) is 4.20. The molecule has 3 rings (SSSR count). The van der Waals surface area contributed by atoms with E-state index in [4.69, 9.17) is 16.3 Å². The van der Waals surface area contributed by atoms with E-state index in [9.17, 15) is 0 Å². The Bertz CT molecular complexity index is 702. The second kappa shape index (κ2) is 5.39. The highest BCUT2D eigenvalue weighted by atomic mass is 35.5. The highest BCUT2D eigenvalue weighted by Gasteiger charge is 2.03. The Morgan fingerprint density at radius 1 is 0.950 bits per heavy atom. The van der Waals surface area contributed by atoms with Crippen molar-refractivity contribution in [2.24, 2.45) is 0 Å². The number of nitrogens with zero attached hydrogens (tertiary/aromatic N) is 2. The van der Waals surface area contributed by atoms with Gasteiger partial charge in [0.15, 0.2) is 0 Å². The minimum Gasteiger partial charge on any atom is -0.497 e. The fourth-order valence-electron chi connectivity index (χ4n) is 1.99. The number of rotatable bonds is 3. The first-order chi connectivity index (χ1) is 9.76. The summed E-state index contributed by atoms with van der Waals surface area (Å²) in [6.07, 6.45) is 3.83. The lowest BCUT2D eigenvalue weighted by Crippen LogP contribution is -1.93. The molecule has 1 aromatic heterocycles. The molecule has 0 aliphatic heterocycles. The van der Waals surface area contributed by atoms with Gasteiger partial charge in [0.1, 0.15) is 5.75 Å². The lowest BCUT2D eigenvalue weighted by atomic mass is 10.1. The first-order valence-corrected chi connectivity index (χ1v) is 6.59. The molecule has 0 saturated carbocycles. The molecule has 0 aliphatic carbocycles. The Balaban J connectivity index is 1.91. The van der Waals surface area contributed by atoms with Crippen LogP contribution in [0.2, 0.25) is 5.02 Å². The topological polar surface area (TPSA) is 27.1 Å². The highest BCUT2D eigenvalue weighted by molar-refractivity contribution is 6.30. The Morgan fingerprint density at radius 2 is 1.65 bits per heavy atom. The molecule has 2 aromatic carbocycles. The maximum absolute atomic E-state index is 5.90. The first-order valence-electron chi connectivity index (χ1n) is 6.21. The van der Waals surface area contributed by atoms with Crippen LogP contribution in [0.5, 0.6) is 5.75 Å². The van der Waals surface area contributed by atoms with Gasteiger partial charge in [-0.3, -0.25) is 0 Å². The molecule has 20 heavy (non-hydrogen) atoms. The normalized spacial score (nSPS) is 10.5. The molecule has 0 bridgehead atoms. The summed E-state index contributed by atoms with van der Waals surface area (Å²) in [6.45, 7) is 0. The molecule has 4 heteroatoms. The summed E-state index contributed by atoms with van der Waals surface area (Å²) in [6, 6.07) is 15.5. The van der Waals surface area contributed by atoms with E-state index in [1.54, 1.807) is 7.11 Å². The largest absolute Gasteiger partial charge is 0.497 e. The van der Waals surface area contributed by atoms with Crippen molar-refractivity contribution in [3.8, 4) is 22.6 Å². The van der Waals surface area contributed by atoms with Crippen molar-refractivity contribution in [1.29, 1.82) is 0 Å². The van der Waals surface area contributed by atoms with Gasteiger partial charge < -0.3 is 4.74 Å². The molecule has 0 aliphatic rings. The van der Waals surface area contributed by atoms with Crippen molar-refractivity contribution in [2.45, 2.75) is 0 Å². The number of methoxy groups -OCH3 is 1. The Kier molecular flexibility index (Phi) is 3.44. The Morgan fingerprint density at radius 3 is 2.30 bits per heavy atom.